The van der Waals surface area contributed by atoms with Gasteiger partial charge in [0, 0.05) is 23.7 Å². The van der Waals surface area contributed by atoms with Crippen molar-refractivity contribution in [2.24, 2.45) is 0 Å². The maximum absolute atomic E-state index is 12.2. The van der Waals surface area contributed by atoms with E-state index in [1.807, 2.05) is 0 Å². The lowest BCUT2D eigenvalue weighted by atomic mass is 10.2. The van der Waals surface area contributed by atoms with Crippen molar-refractivity contribution in [1.82, 2.24) is 10.6 Å². The minimum atomic E-state index is -1.02. The van der Waals surface area contributed by atoms with Crippen LogP contribution in [0.1, 0.15) is 49.9 Å². The summed E-state index contributed by atoms with van der Waals surface area (Å²) in [7, 11) is 0. The lowest BCUT2D eigenvalue weighted by Crippen LogP contribution is -2.45. The lowest BCUT2D eigenvalue weighted by Gasteiger charge is -2.19. The van der Waals surface area contributed by atoms with E-state index in [0.29, 0.717) is 0 Å². The molecule has 1 aromatic carbocycles. The fourth-order valence-corrected chi connectivity index (χ4v) is 2.82. The highest BCUT2D eigenvalue weighted by molar-refractivity contribution is 5.97. The van der Waals surface area contributed by atoms with E-state index in [-0.39, 0.29) is 23.2 Å². The summed E-state index contributed by atoms with van der Waals surface area (Å²) < 4.78 is 5.11. The Morgan fingerprint density at radius 2 is 1.89 bits per heavy atom. The van der Waals surface area contributed by atoms with Crippen molar-refractivity contribution in [2.75, 3.05) is 0 Å². The van der Waals surface area contributed by atoms with Crippen molar-refractivity contribution >= 4 is 23.5 Å². The fraction of sp³-hybridized carbons (Fsp3) is 0.500. The molecular weight excluding hydrogens is 354 g/mol. The molecule has 2 rings (SSSR count). The van der Waals surface area contributed by atoms with E-state index in [2.05, 4.69) is 10.6 Å². The van der Waals surface area contributed by atoms with Gasteiger partial charge in [-0.1, -0.05) is 18.9 Å². The zero-order valence-electron chi connectivity index (χ0n) is 15.3. The maximum atomic E-state index is 12.2. The quantitative estimate of drug-likeness (QED) is 0.423. The van der Waals surface area contributed by atoms with Crippen LogP contribution in [0.2, 0.25) is 0 Å². The summed E-state index contributed by atoms with van der Waals surface area (Å²) in [6.07, 6.45) is 3.00. The Balaban J connectivity index is 1.86. The van der Waals surface area contributed by atoms with Crippen LogP contribution < -0.4 is 10.6 Å². The molecule has 1 aliphatic rings. The number of carbonyl (C=O) groups excluding carboxylic acids is 3. The molecule has 1 saturated carbocycles. The maximum Gasteiger partial charge on any atom is 0.329 e. The number of esters is 1. The Hall–Kier alpha value is -2.97. The number of non-ortho nitro benzene ring substituents is 1. The van der Waals surface area contributed by atoms with Gasteiger partial charge in [0.15, 0.2) is 6.10 Å². The zero-order chi connectivity index (χ0) is 20.0. The second kappa shape index (κ2) is 9.11. The van der Waals surface area contributed by atoms with Gasteiger partial charge in [-0.05, 0) is 32.8 Å². The molecule has 1 fully saturated rings. The number of carbonyl (C=O) groups is 3. The number of benzene rings is 1. The normalized spacial score (nSPS) is 16.2. The van der Waals surface area contributed by atoms with Crippen LogP contribution in [0.15, 0.2) is 24.3 Å². The monoisotopic (exact) mass is 377 g/mol. The van der Waals surface area contributed by atoms with Gasteiger partial charge >= 0.3 is 5.97 Å². The zero-order valence-corrected chi connectivity index (χ0v) is 15.3. The predicted molar refractivity (Wildman–Crippen MR) is 96.0 cm³/mol. The molecule has 27 heavy (non-hydrogen) atoms. The molecule has 9 nitrogen and oxygen atoms in total. The fourth-order valence-electron chi connectivity index (χ4n) is 2.82. The SMILES string of the molecule is CC(NC(=O)c1cccc([N+](=O)[O-])c1)C(=O)OC(C)C(=O)NC1CCCC1. The first kappa shape index (κ1) is 20.3. The third-order valence-corrected chi connectivity index (χ3v) is 4.38. The van der Waals surface area contributed by atoms with Crippen LogP contribution in [0.3, 0.4) is 0 Å². The van der Waals surface area contributed by atoms with E-state index in [0.717, 1.165) is 31.7 Å². The first-order chi connectivity index (χ1) is 12.8. The van der Waals surface area contributed by atoms with Crippen LogP contribution in [0.5, 0.6) is 0 Å². The van der Waals surface area contributed by atoms with Crippen molar-refractivity contribution in [2.45, 2.75) is 57.7 Å². The Morgan fingerprint density at radius 1 is 1.22 bits per heavy atom. The van der Waals surface area contributed by atoms with Crippen LogP contribution >= 0.6 is 0 Å². The topological polar surface area (TPSA) is 128 Å². The van der Waals surface area contributed by atoms with Crippen LogP contribution in [-0.4, -0.2) is 40.9 Å². The molecule has 2 unspecified atom stereocenters. The number of ether oxygens (including phenoxy) is 1. The number of amides is 2. The highest BCUT2D eigenvalue weighted by Crippen LogP contribution is 2.18. The average Bonchev–Trinajstić information content (AvgIpc) is 3.14. The van der Waals surface area contributed by atoms with E-state index in [1.54, 1.807) is 0 Å². The molecule has 0 aromatic heterocycles. The minimum Gasteiger partial charge on any atom is -0.451 e. The Bertz CT molecular complexity index is 730. The Labute approximate surface area is 156 Å². The average molecular weight is 377 g/mol. The second-order valence-electron chi connectivity index (χ2n) is 6.57. The van der Waals surface area contributed by atoms with Crippen LogP contribution in [0.25, 0.3) is 0 Å². The molecule has 2 N–H and O–H groups in total. The minimum absolute atomic E-state index is 0.0517. The first-order valence-electron chi connectivity index (χ1n) is 8.84. The Kier molecular flexibility index (Phi) is 6.86. The van der Waals surface area contributed by atoms with E-state index in [9.17, 15) is 24.5 Å². The number of hydrogen-bond donors (Lipinski definition) is 2. The number of nitrogens with zero attached hydrogens (tertiary/aromatic N) is 1. The summed E-state index contributed by atoms with van der Waals surface area (Å²) in [4.78, 5) is 46.5. The third-order valence-electron chi connectivity index (χ3n) is 4.38. The van der Waals surface area contributed by atoms with Gasteiger partial charge in [-0.25, -0.2) is 4.79 Å². The van der Waals surface area contributed by atoms with Gasteiger partial charge in [0.25, 0.3) is 17.5 Å². The molecule has 0 bridgehead atoms. The molecule has 9 heteroatoms. The summed E-state index contributed by atoms with van der Waals surface area (Å²) in [5.74, 6) is -1.78. The van der Waals surface area contributed by atoms with Crippen molar-refractivity contribution in [3.05, 3.63) is 39.9 Å². The van der Waals surface area contributed by atoms with E-state index in [1.165, 1.54) is 32.0 Å². The van der Waals surface area contributed by atoms with Gasteiger partial charge in [0.2, 0.25) is 0 Å². The smallest absolute Gasteiger partial charge is 0.329 e. The predicted octanol–water partition coefficient (Wildman–Crippen LogP) is 1.70. The molecule has 2 atom stereocenters. The number of hydrogen-bond acceptors (Lipinski definition) is 6. The van der Waals surface area contributed by atoms with Gasteiger partial charge in [-0.2, -0.15) is 0 Å². The highest BCUT2D eigenvalue weighted by atomic mass is 16.6. The molecule has 0 saturated heterocycles. The molecule has 0 aliphatic heterocycles. The largest absolute Gasteiger partial charge is 0.451 e. The van der Waals surface area contributed by atoms with E-state index >= 15 is 0 Å². The lowest BCUT2D eigenvalue weighted by molar-refractivity contribution is -0.384. The number of nitro benzene ring substituents is 1. The van der Waals surface area contributed by atoms with Crippen LogP contribution in [0.4, 0.5) is 5.69 Å². The molecule has 1 aromatic rings. The van der Waals surface area contributed by atoms with E-state index < -0.39 is 28.9 Å². The molecular formula is C18H23N3O6. The third kappa shape index (κ3) is 5.77. The van der Waals surface area contributed by atoms with Crippen molar-refractivity contribution < 1.29 is 24.0 Å². The molecule has 1 aliphatic carbocycles. The van der Waals surface area contributed by atoms with Crippen molar-refractivity contribution in [3.63, 3.8) is 0 Å². The number of rotatable bonds is 7. The molecule has 146 valence electrons. The van der Waals surface area contributed by atoms with Gasteiger partial charge in [0.1, 0.15) is 6.04 Å². The molecule has 2 amide bonds. The van der Waals surface area contributed by atoms with Gasteiger partial charge < -0.3 is 15.4 Å². The first-order valence-corrected chi connectivity index (χ1v) is 8.84. The van der Waals surface area contributed by atoms with Crippen LogP contribution in [-0.2, 0) is 14.3 Å². The molecule has 0 heterocycles. The molecule has 0 radical (unpaired) electrons. The van der Waals surface area contributed by atoms with Crippen molar-refractivity contribution in [3.8, 4) is 0 Å². The summed E-state index contributed by atoms with van der Waals surface area (Å²) in [6.45, 7) is 2.89. The molecule has 0 spiro atoms. The number of nitro groups is 1. The summed E-state index contributed by atoms with van der Waals surface area (Å²) in [5, 5.41) is 16.0. The summed E-state index contributed by atoms with van der Waals surface area (Å²) in [5.41, 5.74) is -0.175. The summed E-state index contributed by atoms with van der Waals surface area (Å²) >= 11 is 0. The van der Waals surface area contributed by atoms with Gasteiger partial charge in [-0.3, -0.25) is 19.7 Å². The summed E-state index contributed by atoms with van der Waals surface area (Å²) in [6, 6.07) is 4.26. The second-order valence-corrected chi connectivity index (χ2v) is 6.57. The van der Waals surface area contributed by atoms with Crippen LogP contribution in [0, 0.1) is 10.1 Å². The Morgan fingerprint density at radius 3 is 2.52 bits per heavy atom. The van der Waals surface area contributed by atoms with Crippen molar-refractivity contribution in [1.29, 1.82) is 0 Å². The van der Waals surface area contributed by atoms with Gasteiger partial charge in [0.05, 0.1) is 4.92 Å². The number of nitrogens with one attached hydrogen (secondary N) is 2. The standard InChI is InChI=1S/C18H23N3O6/c1-11(19-17(23)13-6-5-9-15(10-13)21(25)26)18(24)27-12(2)16(22)20-14-7-3-4-8-14/h5-6,9-12,14H,3-4,7-8H2,1-2H3,(H,19,23)(H,20,22). The highest BCUT2D eigenvalue weighted by Gasteiger charge is 2.26. The van der Waals surface area contributed by atoms with E-state index in [4.69, 9.17) is 4.74 Å². The van der Waals surface area contributed by atoms with Gasteiger partial charge in [-0.15, -0.1) is 0 Å².